The molecule has 0 amide bonds. The van der Waals surface area contributed by atoms with Gasteiger partial charge in [0.05, 0.1) is 16.9 Å². The van der Waals surface area contributed by atoms with Crippen LogP contribution >= 0.6 is 11.6 Å². The molecule has 2 unspecified atom stereocenters. The SMILES string of the molecule is Cc1cccc2c1nc(CCl)n2C1CCCCCC1C. The van der Waals surface area contributed by atoms with Crippen molar-refractivity contribution in [3.63, 3.8) is 0 Å². The van der Waals surface area contributed by atoms with Gasteiger partial charge < -0.3 is 4.57 Å². The normalized spacial score (nSPS) is 23.9. The Bertz CT molecular complexity index is 602. The molecule has 1 fully saturated rings. The molecule has 1 aliphatic carbocycles. The third-order valence-corrected chi connectivity index (χ3v) is 5.00. The Kier molecular flexibility index (Phi) is 4.02. The van der Waals surface area contributed by atoms with Gasteiger partial charge in [0.25, 0.3) is 0 Å². The summed E-state index contributed by atoms with van der Waals surface area (Å²) in [5.41, 5.74) is 3.63. The van der Waals surface area contributed by atoms with Crippen molar-refractivity contribution in [1.82, 2.24) is 9.55 Å². The van der Waals surface area contributed by atoms with Gasteiger partial charge in [0.2, 0.25) is 0 Å². The molecule has 1 aliphatic rings. The molecule has 0 N–H and O–H groups in total. The number of benzene rings is 1. The Hall–Kier alpha value is -1.02. The van der Waals surface area contributed by atoms with Gasteiger partial charge in [0.1, 0.15) is 5.82 Å². The van der Waals surface area contributed by atoms with E-state index in [0.717, 1.165) is 11.3 Å². The first-order valence-corrected chi connectivity index (χ1v) is 8.28. The molecule has 1 aromatic heterocycles. The quantitative estimate of drug-likeness (QED) is 0.547. The molecule has 1 heterocycles. The first-order chi connectivity index (χ1) is 9.72. The average Bonchev–Trinajstić information content (AvgIpc) is 2.70. The van der Waals surface area contributed by atoms with Gasteiger partial charge in [-0.05, 0) is 37.3 Å². The first-order valence-electron chi connectivity index (χ1n) is 7.74. The van der Waals surface area contributed by atoms with Crippen molar-refractivity contribution < 1.29 is 0 Å². The van der Waals surface area contributed by atoms with Gasteiger partial charge in [-0.1, -0.05) is 38.3 Å². The minimum Gasteiger partial charge on any atom is -0.324 e. The fourth-order valence-electron chi connectivity index (χ4n) is 3.63. The third kappa shape index (κ3) is 2.35. The van der Waals surface area contributed by atoms with Crippen LogP contribution in [-0.4, -0.2) is 9.55 Å². The molecule has 0 aliphatic heterocycles. The van der Waals surface area contributed by atoms with Crippen molar-refractivity contribution >= 4 is 22.6 Å². The zero-order valence-electron chi connectivity index (χ0n) is 12.4. The lowest BCUT2D eigenvalue weighted by molar-refractivity contribution is 0.335. The summed E-state index contributed by atoms with van der Waals surface area (Å²) in [5.74, 6) is 2.24. The topological polar surface area (TPSA) is 17.8 Å². The summed E-state index contributed by atoms with van der Waals surface area (Å²) in [6, 6.07) is 7.02. The second kappa shape index (κ2) is 5.77. The zero-order chi connectivity index (χ0) is 14.1. The van der Waals surface area contributed by atoms with Crippen LogP contribution in [0.1, 0.15) is 56.5 Å². The number of hydrogen-bond donors (Lipinski definition) is 0. The van der Waals surface area contributed by atoms with Crippen LogP contribution in [-0.2, 0) is 5.88 Å². The number of para-hydroxylation sites is 1. The minimum absolute atomic E-state index is 0.497. The largest absolute Gasteiger partial charge is 0.324 e. The Morgan fingerprint density at radius 3 is 2.85 bits per heavy atom. The summed E-state index contributed by atoms with van der Waals surface area (Å²) < 4.78 is 2.44. The highest BCUT2D eigenvalue weighted by atomic mass is 35.5. The van der Waals surface area contributed by atoms with Gasteiger partial charge in [-0.2, -0.15) is 0 Å². The van der Waals surface area contributed by atoms with Crippen LogP contribution in [0.2, 0.25) is 0 Å². The lowest BCUT2D eigenvalue weighted by Gasteiger charge is -2.25. The van der Waals surface area contributed by atoms with Crippen LogP contribution in [0.5, 0.6) is 0 Å². The van der Waals surface area contributed by atoms with Crippen LogP contribution in [0.15, 0.2) is 18.2 Å². The van der Waals surface area contributed by atoms with Crippen molar-refractivity contribution in [3.05, 3.63) is 29.6 Å². The van der Waals surface area contributed by atoms with E-state index in [9.17, 15) is 0 Å². The molecule has 0 saturated heterocycles. The molecular weight excluding hydrogens is 268 g/mol. The molecule has 0 radical (unpaired) electrons. The maximum absolute atomic E-state index is 6.18. The molecule has 1 saturated carbocycles. The minimum atomic E-state index is 0.497. The average molecular weight is 291 g/mol. The fourth-order valence-corrected chi connectivity index (χ4v) is 3.82. The van der Waals surface area contributed by atoms with Crippen LogP contribution in [0, 0.1) is 12.8 Å². The second-order valence-corrected chi connectivity index (χ2v) is 6.42. The van der Waals surface area contributed by atoms with Crippen LogP contribution < -0.4 is 0 Å². The monoisotopic (exact) mass is 290 g/mol. The highest BCUT2D eigenvalue weighted by Gasteiger charge is 2.25. The fraction of sp³-hybridized carbons (Fsp3) is 0.588. The van der Waals surface area contributed by atoms with Crippen LogP contribution in [0.3, 0.4) is 0 Å². The number of rotatable bonds is 2. The van der Waals surface area contributed by atoms with Crippen LogP contribution in [0.4, 0.5) is 0 Å². The number of halogens is 1. The number of aromatic nitrogens is 2. The molecule has 2 aromatic rings. The number of nitrogens with zero attached hydrogens (tertiary/aromatic N) is 2. The van der Waals surface area contributed by atoms with Gasteiger partial charge in [-0.25, -0.2) is 4.98 Å². The molecule has 0 bridgehead atoms. The molecule has 0 spiro atoms. The van der Waals surface area contributed by atoms with E-state index in [1.165, 1.54) is 43.2 Å². The lowest BCUT2D eigenvalue weighted by atomic mass is 9.96. The predicted octanol–water partition coefficient (Wildman–Crippen LogP) is 5.22. The third-order valence-electron chi connectivity index (χ3n) is 4.76. The summed E-state index contributed by atoms with van der Waals surface area (Å²) in [6.07, 6.45) is 6.62. The van der Waals surface area contributed by atoms with Crippen LogP contribution in [0.25, 0.3) is 11.0 Å². The summed E-state index contributed by atoms with van der Waals surface area (Å²) in [6.45, 7) is 4.52. The molecule has 2 nitrogen and oxygen atoms in total. The Morgan fingerprint density at radius 2 is 2.05 bits per heavy atom. The van der Waals surface area contributed by atoms with E-state index in [1.54, 1.807) is 0 Å². The molecule has 3 heteroatoms. The van der Waals surface area contributed by atoms with Crippen molar-refractivity contribution in [2.24, 2.45) is 5.92 Å². The van der Waals surface area contributed by atoms with E-state index in [0.29, 0.717) is 17.8 Å². The molecule has 3 rings (SSSR count). The number of imidazole rings is 1. The van der Waals surface area contributed by atoms with Crippen molar-refractivity contribution in [2.75, 3.05) is 0 Å². The van der Waals surface area contributed by atoms with E-state index in [4.69, 9.17) is 16.6 Å². The van der Waals surface area contributed by atoms with Crippen molar-refractivity contribution in [1.29, 1.82) is 0 Å². The number of fused-ring (bicyclic) bond motifs is 1. The number of aryl methyl sites for hydroxylation is 1. The number of hydrogen-bond acceptors (Lipinski definition) is 1. The van der Waals surface area contributed by atoms with E-state index < -0.39 is 0 Å². The Balaban J connectivity index is 2.15. The number of alkyl halides is 1. The van der Waals surface area contributed by atoms with Gasteiger partial charge in [-0.3, -0.25) is 0 Å². The maximum Gasteiger partial charge on any atom is 0.125 e. The molecule has 108 valence electrons. The Morgan fingerprint density at radius 1 is 1.25 bits per heavy atom. The standard InChI is InChI=1S/C17H23ClN2/c1-12-7-4-3-5-9-14(12)20-15-10-6-8-13(2)17(15)19-16(20)11-18/h6,8,10,12,14H,3-5,7,9,11H2,1-2H3. The van der Waals surface area contributed by atoms with E-state index in [2.05, 4.69) is 36.6 Å². The molecular formula is C17H23ClN2. The van der Waals surface area contributed by atoms with Gasteiger partial charge >= 0.3 is 0 Å². The van der Waals surface area contributed by atoms with Gasteiger partial charge in [0.15, 0.2) is 0 Å². The van der Waals surface area contributed by atoms with Crippen molar-refractivity contribution in [2.45, 2.75) is 57.9 Å². The lowest BCUT2D eigenvalue weighted by Crippen LogP contribution is -2.18. The first kappa shape index (κ1) is 13.9. The predicted molar refractivity (Wildman–Crippen MR) is 85.3 cm³/mol. The zero-order valence-corrected chi connectivity index (χ0v) is 13.2. The molecule has 1 aromatic carbocycles. The van der Waals surface area contributed by atoms with E-state index >= 15 is 0 Å². The van der Waals surface area contributed by atoms with E-state index in [1.807, 2.05) is 0 Å². The van der Waals surface area contributed by atoms with Gasteiger partial charge in [0, 0.05) is 6.04 Å². The summed E-state index contributed by atoms with van der Waals surface area (Å²) in [4.78, 5) is 4.80. The summed E-state index contributed by atoms with van der Waals surface area (Å²) in [5, 5.41) is 0. The summed E-state index contributed by atoms with van der Waals surface area (Å²) >= 11 is 6.18. The Labute approximate surface area is 126 Å². The van der Waals surface area contributed by atoms with Crippen molar-refractivity contribution in [3.8, 4) is 0 Å². The maximum atomic E-state index is 6.18. The van der Waals surface area contributed by atoms with E-state index in [-0.39, 0.29) is 0 Å². The molecule has 20 heavy (non-hydrogen) atoms. The highest BCUT2D eigenvalue weighted by Crippen LogP contribution is 2.36. The van der Waals surface area contributed by atoms with Gasteiger partial charge in [-0.15, -0.1) is 11.6 Å². The summed E-state index contributed by atoms with van der Waals surface area (Å²) in [7, 11) is 0. The second-order valence-electron chi connectivity index (χ2n) is 6.16. The smallest absolute Gasteiger partial charge is 0.125 e. The molecule has 2 atom stereocenters. The highest BCUT2D eigenvalue weighted by molar-refractivity contribution is 6.16.